The van der Waals surface area contributed by atoms with Crippen molar-refractivity contribution in [2.24, 2.45) is 0 Å². The van der Waals surface area contributed by atoms with Crippen molar-refractivity contribution in [1.29, 1.82) is 0 Å². The molecule has 0 radical (unpaired) electrons. The second kappa shape index (κ2) is 10.1. The minimum absolute atomic E-state index is 0.0493. The van der Waals surface area contributed by atoms with Gasteiger partial charge < -0.3 is 10.1 Å². The highest BCUT2D eigenvalue weighted by atomic mass is 32.2. The van der Waals surface area contributed by atoms with Crippen molar-refractivity contribution >= 4 is 15.9 Å². The van der Waals surface area contributed by atoms with Crippen molar-refractivity contribution in [3.63, 3.8) is 0 Å². The van der Waals surface area contributed by atoms with Gasteiger partial charge in [-0.1, -0.05) is 18.2 Å². The van der Waals surface area contributed by atoms with Crippen LogP contribution in [0.5, 0.6) is 5.75 Å². The average Bonchev–Trinajstić information content (AvgIpc) is 2.71. The number of amides is 1. The van der Waals surface area contributed by atoms with E-state index in [0.29, 0.717) is 17.9 Å². The maximum atomic E-state index is 12.9. The Hall–Kier alpha value is -2.38. The van der Waals surface area contributed by atoms with Gasteiger partial charge in [0.1, 0.15) is 5.75 Å². The van der Waals surface area contributed by atoms with E-state index in [9.17, 15) is 13.2 Å². The summed E-state index contributed by atoms with van der Waals surface area (Å²) in [4.78, 5) is 12.4. The summed E-state index contributed by atoms with van der Waals surface area (Å²) in [5, 5.41) is 2.83. The molecule has 2 aromatic carbocycles. The Morgan fingerprint density at radius 3 is 2.07 bits per heavy atom. The quantitative estimate of drug-likeness (QED) is 0.637. The second-order valence-electron chi connectivity index (χ2n) is 7.51. The maximum absolute atomic E-state index is 12.9. The molecular weight excluding hydrogens is 400 g/mol. The fourth-order valence-electron chi connectivity index (χ4n) is 3.57. The van der Waals surface area contributed by atoms with Crippen molar-refractivity contribution in [3.8, 4) is 5.75 Å². The lowest BCUT2D eigenvalue weighted by Crippen LogP contribution is -2.32. The van der Waals surface area contributed by atoms with Gasteiger partial charge in [-0.25, -0.2) is 13.1 Å². The van der Waals surface area contributed by atoms with Crippen LogP contribution in [0.1, 0.15) is 39.8 Å². The molecule has 0 aliphatic rings. The summed E-state index contributed by atoms with van der Waals surface area (Å²) in [6.45, 7) is 10.0. The summed E-state index contributed by atoms with van der Waals surface area (Å²) in [5.74, 6) is 0.589. The fraction of sp³-hybridized carbons (Fsp3) is 0.435. The first-order chi connectivity index (χ1) is 14.1. The molecule has 2 aromatic rings. The third kappa shape index (κ3) is 5.40. The van der Waals surface area contributed by atoms with Crippen LogP contribution in [0.4, 0.5) is 0 Å². The minimum Gasteiger partial charge on any atom is -0.496 e. The molecule has 0 heterocycles. The Morgan fingerprint density at radius 1 is 0.900 bits per heavy atom. The minimum atomic E-state index is -3.70. The molecule has 7 heteroatoms. The van der Waals surface area contributed by atoms with Gasteiger partial charge in [0.15, 0.2) is 0 Å². The lowest BCUT2D eigenvalue weighted by Gasteiger charge is -2.19. The molecule has 0 spiro atoms. The van der Waals surface area contributed by atoms with Gasteiger partial charge in [0.2, 0.25) is 15.9 Å². The zero-order chi connectivity index (χ0) is 22.5. The van der Waals surface area contributed by atoms with Gasteiger partial charge in [-0.2, -0.15) is 0 Å². The van der Waals surface area contributed by atoms with E-state index in [1.165, 1.54) is 0 Å². The molecule has 2 N–H and O–H groups in total. The number of benzene rings is 2. The molecule has 6 nitrogen and oxygen atoms in total. The highest BCUT2D eigenvalue weighted by Crippen LogP contribution is 2.29. The van der Waals surface area contributed by atoms with E-state index in [-0.39, 0.29) is 18.9 Å². The number of rotatable bonds is 9. The van der Waals surface area contributed by atoms with Gasteiger partial charge in [0.25, 0.3) is 0 Å². The van der Waals surface area contributed by atoms with Crippen molar-refractivity contribution in [2.45, 2.75) is 52.4 Å². The highest BCUT2D eigenvalue weighted by Gasteiger charge is 2.23. The lowest BCUT2D eigenvalue weighted by molar-refractivity contribution is -0.120. The van der Waals surface area contributed by atoms with E-state index in [0.717, 1.165) is 39.1 Å². The summed E-state index contributed by atoms with van der Waals surface area (Å²) < 4.78 is 33.6. The molecule has 0 bridgehead atoms. The van der Waals surface area contributed by atoms with Crippen molar-refractivity contribution in [3.05, 3.63) is 57.6 Å². The van der Waals surface area contributed by atoms with Crippen LogP contribution in [0.2, 0.25) is 0 Å². The first-order valence-electron chi connectivity index (χ1n) is 10.0. The average molecular weight is 433 g/mol. The Bertz CT molecular complexity index is 1000. The van der Waals surface area contributed by atoms with Crippen LogP contribution >= 0.6 is 0 Å². The Morgan fingerprint density at radius 2 is 1.47 bits per heavy atom. The van der Waals surface area contributed by atoms with Gasteiger partial charge in [-0.15, -0.1) is 0 Å². The van der Waals surface area contributed by atoms with Gasteiger partial charge in [-0.3, -0.25) is 4.79 Å². The molecule has 1 amide bonds. The maximum Gasteiger partial charge on any atom is 0.241 e. The summed E-state index contributed by atoms with van der Waals surface area (Å²) in [7, 11) is -2.08. The second-order valence-corrected chi connectivity index (χ2v) is 9.22. The molecule has 0 aliphatic carbocycles. The first kappa shape index (κ1) is 23.9. The number of hydrogen-bond acceptors (Lipinski definition) is 4. The van der Waals surface area contributed by atoms with E-state index in [2.05, 4.69) is 10.0 Å². The number of carbonyl (C=O) groups excluding carboxylic acids is 1. The van der Waals surface area contributed by atoms with Crippen LogP contribution in [-0.4, -0.2) is 34.5 Å². The number of nitrogens with one attached hydrogen (secondary N) is 2. The molecule has 0 aromatic heterocycles. The summed E-state index contributed by atoms with van der Waals surface area (Å²) in [5.41, 5.74) is 5.59. The lowest BCUT2D eigenvalue weighted by atomic mass is 9.95. The Balaban J connectivity index is 1.92. The fourth-order valence-corrected chi connectivity index (χ4v) is 5.20. The van der Waals surface area contributed by atoms with Gasteiger partial charge in [0, 0.05) is 19.5 Å². The van der Waals surface area contributed by atoms with Crippen LogP contribution in [0.3, 0.4) is 0 Å². The van der Waals surface area contributed by atoms with Crippen molar-refractivity contribution < 1.29 is 17.9 Å². The molecule has 30 heavy (non-hydrogen) atoms. The van der Waals surface area contributed by atoms with Crippen LogP contribution in [-0.2, 0) is 21.2 Å². The third-order valence-electron chi connectivity index (χ3n) is 5.75. The zero-order valence-corrected chi connectivity index (χ0v) is 19.5. The summed E-state index contributed by atoms with van der Waals surface area (Å²) in [6.07, 6.45) is 0.717. The third-order valence-corrected chi connectivity index (χ3v) is 7.49. The number of sulfonamides is 1. The van der Waals surface area contributed by atoms with E-state index in [1.807, 2.05) is 58.9 Å². The monoisotopic (exact) mass is 432 g/mol. The Kier molecular flexibility index (Phi) is 8.03. The van der Waals surface area contributed by atoms with Gasteiger partial charge >= 0.3 is 0 Å². The van der Waals surface area contributed by atoms with Gasteiger partial charge in [-0.05, 0) is 80.5 Å². The van der Waals surface area contributed by atoms with E-state index in [1.54, 1.807) is 7.11 Å². The van der Waals surface area contributed by atoms with E-state index < -0.39 is 10.0 Å². The number of para-hydroxylation sites is 1. The number of hydrogen-bond donors (Lipinski definition) is 2. The molecule has 2 rings (SSSR count). The van der Waals surface area contributed by atoms with Gasteiger partial charge in [0.05, 0.1) is 12.0 Å². The number of ether oxygens (including phenoxy) is 1. The van der Waals surface area contributed by atoms with Crippen LogP contribution in [0.25, 0.3) is 0 Å². The highest BCUT2D eigenvalue weighted by molar-refractivity contribution is 7.89. The zero-order valence-electron chi connectivity index (χ0n) is 18.7. The SMILES string of the molecule is COc1ccccc1CCNC(=O)CCNS(=O)(=O)c1c(C)c(C)c(C)c(C)c1C. The number of carbonyl (C=O) groups is 1. The van der Waals surface area contributed by atoms with Crippen molar-refractivity contribution in [1.82, 2.24) is 10.0 Å². The normalized spacial score (nSPS) is 11.4. The standard InChI is InChI=1S/C23H32N2O4S/c1-15-16(2)18(4)23(19(5)17(15)3)30(27,28)25-14-12-22(26)24-13-11-20-9-7-8-10-21(20)29-6/h7-10,25H,11-14H2,1-6H3,(H,24,26). The van der Waals surface area contributed by atoms with E-state index >= 15 is 0 Å². The molecule has 164 valence electrons. The van der Waals surface area contributed by atoms with Crippen molar-refractivity contribution in [2.75, 3.05) is 20.2 Å². The molecule has 0 aliphatic heterocycles. The van der Waals surface area contributed by atoms with E-state index in [4.69, 9.17) is 4.74 Å². The van der Waals surface area contributed by atoms with Crippen LogP contribution < -0.4 is 14.8 Å². The predicted octanol–water partition coefficient (Wildman–Crippen LogP) is 3.26. The smallest absolute Gasteiger partial charge is 0.241 e. The number of methoxy groups -OCH3 is 1. The predicted molar refractivity (Wildman–Crippen MR) is 120 cm³/mol. The molecule has 0 fully saturated rings. The summed E-state index contributed by atoms with van der Waals surface area (Å²) >= 11 is 0. The summed E-state index contributed by atoms with van der Waals surface area (Å²) in [6, 6.07) is 7.65. The first-order valence-corrected chi connectivity index (χ1v) is 11.5. The molecule has 0 unspecified atom stereocenters. The largest absolute Gasteiger partial charge is 0.496 e. The molecule has 0 saturated heterocycles. The molecule has 0 atom stereocenters. The Labute approximate surface area is 180 Å². The molecule has 0 saturated carbocycles. The van der Waals surface area contributed by atoms with Crippen LogP contribution in [0.15, 0.2) is 29.2 Å². The topological polar surface area (TPSA) is 84.5 Å². The molecular formula is C23H32N2O4S. The van der Waals surface area contributed by atoms with Crippen LogP contribution in [0, 0.1) is 34.6 Å².